The van der Waals surface area contributed by atoms with E-state index in [1.54, 1.807) is 13.3 Å². The van der Waals surface area contributed by atoms with Crippen molar-refractivity contribution in [3.05, 3.63) is 52.4 Å². The summed E-state index contributed by atoms with van der Waals surface area (Å²) < 4.78 is 7.22. The first-order valence-corrected chi connectivity index (χ1v) is 7.63. The minimum atomic E-state index is 0.396. The Bertz CT molecular complexity index is 949. The van der Waals surface area contributed by atoms with Crippen molar-refractivity contribution in [1.82, 2.24) is 25.1 Å². The predicted molar refractivity (Wildman–Crippen MR) is 95.6 cm³/mol. The molecule has 0 unspecified atom stereocenters. The average molecular weight is 340 g/mol. The molecule has 0 spiro atoms. The molecule has 3 aromatic rings. The van der Waals surface area contributed by atoms with E-state index in [0.717, 1.165) is 17.0 Å². The van der Waals surface area contributed by atoms with Crippen molar-refractivity contribution < 1.29 is 4.74 Å². The lowest BCUT2D eigenvalue weighted by Gasteiger charge is -2.02. The molecule has 0 amide bonds. The smallest absolute Gasteiger partial charge is 0.216 e. The van der Waals surface area contributed by atoms with Crippen LogP contribution in [0.15, 0.2) is 41.5 Å². The number of methoxy groups -OCH3 is 1. The first kappa shape index (κ1) is 15.9. The van der Waals surface area contributed by atoms with E-state index < -0.39 is 0 Å². The molecule has 2 heterocycles. The maximum atomic E-state index is 5.30. The summed E-state index contributed by atoms with van der Waals surface area (Å²) in [6.07, 6.45) is 5.36. The van der Waals surface area contributed by atoms with E-state index in [1.165, 1.54) is 4.68 Å². The Hall–Kier alpha value is -3.00. The largest absolute Gasteiger partial charge is 0.496 e. The molecule has 1 aromatic carbocycles. The molecule has 0 saturated carbocycles. The van der Waals surface area contributed by atoms with Crippen LogP contribution in [0.1, 0.15) is 11.3 Å². The highest BCUT2D eigenvalue weighted by molar-refractivity contribution is 7.71. The van der Waals surface area contributed by atoms with Crippen LogP contribution in [0.25, 0.3) is 17.6 Å². The third-order valence-corrected chi connectivity index (χ3v) is 3.53. The second-order valence-corrected chi connectivity index (χ2v) is 5.35. The zero-order valence-electron chi connectivity index (χ0n) is 13.2. The highest BCUT2D eigenvalue weighted by Gasteiger charge is 2.10. The summed E-state index contributed by atoms with van der Waals surface area (Å²) in [6.45, 7) is 1.92. The third-order valence-electron chi connectivity index (χ3n) is 3.27. The number of nitrogens with one attached hydrogen (secondary N) is 2. The van der Waals surface area contributed by atoms with Gasteiger partial charge in [-0.05, 0) is 43.4 Å². The van der Waals surface area contributed by atoms with Gasteiger partial charge in [0.1, 0.15) is 11.4 Å². The normalized spacial score (nSPS) is 11.6. The van der Waals surface area contributed by atoms with E-state index in [-0.39, 0.29) is 0 Å². The fraction of sp³-hybridized carbons (Fsp3) is 0.125. The Morgan fingerprint density at radius 3 is 2.83 bits per heavy atom. The Morgan fingerprint density at radius 2 is 2.08 bits per heavy atom. The van der Waals surface area contributed by atoms with Crippen LogP contribution >= 0.6 is 12.2 Å². The maximum Gasteiger partial charge on any atom is 0.216 e. The van der Waals surface area contributed by atoms with Gasteiger partial charge < -0.3 is 4.74 Å². The molecule has 3 rings (SSSR count). The zero-order chi connectivity index (χ0) is 16.9. The first-order chi connectivity index (χ1) is 11.7. The fourth-order valence-corrected chi connectivity index (χ4v) is 2.33. The van der Waals surface area contributed by atoms with E-state index in [1.807, 2.05) is 49.4 Å². The SMILES string of the molecule is COc1ccccc1/C=C/C=Nn1c(-c2cc(C)[nH]n2)n[nH]c1=S. The molecule has 2 N–H and O–H groups in total. The van der Waals surface area contributed by atoms with Gasteiger partial charge in [0.2, 0.25) is 10.6 Å². The molecule has 0 fully saturated rings. The van der Waals surface area contributed by atoms with Crippen LogP contribution in [0.4, 0.5) is 0 Å². The summed E-state index contributed by atoms with van der Waals surface area (Å²) in [5, 5.41) is 18.3. The van der Waals surface area contributed by atoms with E-state index >= 15 is 0 Å². The molecule has 0 bridgehead atoms. The van der Waals surface area contributed by atoms with Crippen molar-refractivity contribution in [1.29, 1.82) is 0 Å². The number of aromatic amines is 2. The van der Waals surface area contributed by atoms with Crippen molar-refractivity contribution in [2.45, 2.75) is 6.92 Å². The summed E-state index contributed by atoms with van der Waals surface area (Å²) >= 11 is 5.21. The van der Waals surface area contributed by atoms with Crippen molar-refractivity contribution in [2.75, 3.05) is 7.11 Å². The standard InChI is InChI=1S/C16H16N6OS/c1-11-10-13(19-18-11)15-20-21-16(24)22(15)17-9-5-7-12-6-3-4-8-14(12)23-2/h3-10H,1-2H3,(H,18,19)(H,21,24)/b7-5+,17-9?. The van der Waals surface area contributed by atoms with Crippen LogP contribution < -0.4 is 4.74 Å². The van der Waals surface area contributed by atoms with E-state index in [9.17, 15) is 0 Å². The highest BCUT2D eigenvalue weighted by Crippen LogP contribution is 2.18. The topological polar surface area (TPSA) is 83.9 Å². The van der Waals surface area contributed by atoms with Crippen LogP contribution in [0.2, 0.25) is 0 Å². The fourth-order valence-electron chi connectivity index (χ4n) is 2.15. The first-order valence-electron chi connectivity index (χ1n) is 7.23. The number of hydrogen-bond donors (Lipinski definition) is 2. The lowest BCUT2D eigenvalue weighted by Crippen LogP contribution is -1.94. The zero-order valence-corrected chi connectivity index (χ0v) is 14.0. The molecule has 0 aliphatic carbocycles. The average Bonchev–Trinajstić information content (AvgIpc) is 3.18. The molecular formula is C16H16N6OS. The van der Waals surface area contributed by atoms with Gasteiger partial charge in [-0.15, -0.1) is 0 Å². The number of nitrogens with zero attached hydrogens (tertiary/aromatic N) is 4. The molecule has 122 valence electrons. The summed E-state index contributed by atoms with van der Waals surface area (Å²) in [5.74, 6) is 1.35. The van der Waals surface area contributed by atoms with Gasteiger partial charge in [-0.25, -0.2) is 5.10 Å². The lowest BCUT2D eigenvalue weighted by molar-refractivity contribution is 0.414. The maximum absolute atomic E-state index is 5.30. The van der Waals surface area contributed by atoms with Gasteiger partial charge >= 0.3 is 0 Å². The quantitative estimate of drug-likeness (QED) is 0.552. The number of ether oxygens (including phenoxy) is 1. The van der Waals surface area contributed by atoms with Crippen molar-refractivity contribution in [3.63, 3.8) is 0 Å². The molecule has 8 heteroatoms. The number of rotatable bonds is 5. The number of hydrogen-bond acceptors (Lipinski definition) is 5. The third kappa shape index (κ3) is 3.33. The molecule has 0 radical (unpaired) electrons. The number of para-hydroxylation sites is 1. The Labute approximate surface area is 143 Å². The van der Waals surface area contributed by atoms with Gasteiger partial charge in [0, 0.05) is 17.5 Å². The Balaban J connectivity index is 1.84. The molecule has 0 saturated heterocycles. The van der Waals surface area contributed by atoms with Gasteiger partial charge in [-0.3, -0.25) is 5.10 Å². The van der Waals surface area contributed by atoms with Crippen LogP contribution in [-0.4, -0.2) is 38.4 Å². The van der Waals surface area contributed by atoms with Crippen LogP contribution in [0.3, 0.4) is 0 Å². The molecule has 0 aliphatic rings. The molecular weight excluding hydrogens is 324 g/mol. The molecule has 7 nitrogen and oxygen atoms in total. The van der Waals surface area contributed by atoms with Gasteiger partial charge in [0.05, 0.1) is 7.11 Å². The molecule has 0 atom stereocenters. The molecule has 0 aliphatic heterocycles. The summed E-state index contributed by atoms with van der Waals surface area (Å²) in [4.78, 5) is 0. The van der Waals surface area contributed by atoms with Gasteiger partial charge in [-0.2, -0.15) is 20.0 Å². The summed E-state index contributed by atoms with van der Waals surface area (Å²) in [5.41, 5.74) is 2.57. The second-order valence-electron chi connectivity index (χ2n) is 4.97. The molecule has 24 heavy (non-hydrogen) atoms. The number of aryl methyl sites for hydroxylation is 1. The second kappa shape index (κ2) is 7.05. The van der Waals surface area contributed by atoms with Crippen LogP contribution in [-0.2, 0) is 0 Å². The van der Waals surface area contributed by atoms with E-state index in [2.05, 4.69) is 25.5 Å². The summed E-state index contributed by atoms with van der Waals surface area (Å²) in [7, 11) is 1.64. The number of aromatic nitrogens is 5. The van der Waals surface area contributed by atoms with Gasteiger partial charge in [-0.1, -0.05) is 18.2 Å². The Morgan fingerprint density at radius 1 is 1.25 bits per heavy atom. The monoisotopic (exact) mass is 340 g/mol. The summed E-state index contributed by atoms with van der Waals surface area (Å²) in [6, 6.07) is 9.62. The predicted octanol–water partition coefficient (Wildman–Crippen LogP) is 3.20. The Kier molecular flexibility index (Phi) is 4.66. The van der Waals surface area contributed by atoms with Crippen molar-refractivity contribution >= 4 is 24.5 Å². The van der Waals surface area contributed by atoms with Gasteiger partial charge in [0.25, 0.3) is 0 Å². The van der Waals surface area contributed by atoms with Crippen molar-refractivity contribution in [3.8, 4) is 17.3 Å². The van der Waals surface area contributed by atoms with Gasteiger partial charge in [0.15, 0.2) is 0 Å². The van der Waals surface area contributed by atoms with Crippen molar-refractivity contribution in [2.24, 2.45) is 5.10 Å². The molecule has 2 aromatic heterocycles. The van der Waals surface area contributed by atoms with E-state index in [0.29, 0.717) is 16.3 Å². The number of benzene rings is 1. The lowest BCUT2D eigenvalue weighted by atomic mass is 10.2. The van der Waals surface area contributed by atoms with Crippen LogP contribution in [0, 0.1) is 11.7 Å². The number of H-pyrrole nitrogens is 2. The minimum absolute atomic E-state index is 0.396. The van der Waals surface area contributed by atoms with E-state index in [4.69, 9.17) is 17.0 Å². The highest BCUT2D eigenvalue weighted by atomic mass is 32.1. The number of allylic oxidation sites excluding steroid dienone is 1. The van der Waals surface area contributed by atoms with Crippen LogP contribution in [0.5, 0.6) is 5.75 Å². The minimum Gasteiger partial charge on any atom is -0.496 e.